The Morgan fingerprint density at radius 1 is 1.35 bits per heavy atom. The molecule has 20 heavy (non-hydrogen) atoms. The van der Waals surface area contributed by atoms with Crippen molar-refractivity contribution in [2.75, 3.05) is 18.9 Å². The van der Waals surface area contributed by atoms with E-state index >= 15 is 0 Å². The molecule has 110 valence electrons. The number of halogens is 1. The number of hydrogen-bond donors (Lipinski definition) is 1. The lowest BCUT2D eigenvalue weighted by Crippen LogP contribution is -2.32. The molecule has 0 spiro atoms. The minimum absolute atomic E-state index is 0.0860. The molecule has 1 aromatic carbocycles. The minimum atomic E-state index is 0.0860. The van der Waals surface area contributed by atoms with Gasteiger partial charge in [-0.05, 0) is 24.0 Å². The molecule has 1 atom stereocenters. The summed E-state index contributed by atoms with van der Waals surface area (Å²) in [5, 5.41) is 2.93. The summed E-state index contributed by atoms with van der Waals surface area (Å²) >= 11 is 7.37. The largest absolute Gasteiger partial charge is 0.376 e. The van der Waals surface area contributed by atoms with E-state index in [-0.39, 0.29) is 12.0 Å². The van der Waals surface area contributed by atoms with Crippen molar-refractivity contribution in [2.45, 2.75) is 30.6 Å². The van der Waals surface area contributed by atoms with Crippen LogP contribution in [0.5, 0.6) is 0 Å². The summed E-state index contributed by atoms with van der Waals surface area (Å²) in [5.74, 6) is 1.96. The summed E-state index contributed by atoms with van der Waals surface area (Å²) in [6, 6.07) is 8.19. The van der Waals surface area contributed by atoms with Crippen molar-refractivity contribution in [3.63, 3.8) is 0 Å². The Labute approximate surface area is 129 Å². The van der Waals surface area contributed by atoms with Crippen molar-refractivity contribution < 1.29 is 9.53 Å². The van der Waals surface area contributed by atoms with Gasteiger partial charge in [0, 0.05) is 24.8 Å². The maximum Gasteiger partial charge on any atom is 0.230 e. The zero-order valence-electron chi connectivity index (χ0n) is 11.4. The number of carbonyl (C=O) groups is 1. The average molecular weight is 314 g/mol. The highest BCUT2D eigenvalue weighted by molar-refractivity contribution is 7.99. The van der Waals surface area contributed by atoms with Crippen LogP contribution in [0.15, 0.2) is 24.3 Å². The van der Waals surface area contributed by atoms with Gasteiger partial charge in [0.15, 0.2) is 0 Å². The van der Waals surface area contributed by atoms with E-state index in [2.05, 4.69) is 17.4 Å². The molecule has 1 aliphatic heterocycles. The molecular formula is C15H20ClNO2S. The standard InChI is InChI=1S/C15H20ClNO2S/c16-8-12-3-5-13(6-4-12)10-20-11-15(18)17-9-14-2-1-7-19-14/h3-6,14H,1-2,7-11H2,(H,17,18). The third-order valence-corrected chi connectivity index (χ3v) is 4.54. The van der Waals surface area contributed by atoms with Crippen molar-refractivity contribution >= 4 is 29.3 Å². The van der Waals surface area contributed by atoms with Gasteiger partial charge in [0.1, 0.15) is 0 Å². The van der Waals surface area contributed by atoms with E-state index in [1.54, 1.807) is 11.8 Å². The highest BCUT2D eigenvalue weighted by Crippen LogP contribution is 2.14. The zero-order chi connectivity index (χ0) is 14.2. The summed E-state index contributed by atoms with van der Waals surface area (Å²) in [6.07, 6.45) is 2.38. The summed E-state index contributed by atoms with van der Waals surface area (Å²) in [4.78, 5) is 11.7. The summed E-state index contributed by atoms with van der Waals surface area (Å²) < 4.78 is 5.47. The second-order valence-corrected chi connectivity index (χ2v) is 6.13. The lowest BCUT2D eigenvalue weighted by Gasteiger charge is -2.10. The van der Waals surface area contributed by atoms with Crippen LogP contribution in [0.2, 0.25) is 0 Å². The molecule has 0 saturated carbocycles. The van der Waals surface area contributed by atoms with Gasteiger partial charge >= 0.3 is 0 Å². The van der Waals surface area contributed by atoms with Crippen LogP contribution < -0.4 is 5.32 Å². The number of amides is 1. The number of nitrogens with one attached hydrogen (secondary N) is 1. The average Bonchev–Trinajstić information content (AvgIpc) is 2.99. The molecule has 1 aromatic rings. The van der Waals surface area contributed by atoms with Gasteiger partial charge in [0.2, 0.25) is 5.91 Å². The van der Waals surface area contributed by atoms with E-state index in [0.29, 0.717) is 18.2 Å². The molecule has 1 heterocycles. The normalized spacial score (nSPS) is 18.1. The molecule has 1 N–H and O–H groups in total. The Balaban J connectivity index is 1.60. The first-order valence-corrected chi connectivity index (χ1v) is 8.56. The first kappa shape index (κ1) is 15.7. The highest BCUT2D eigenvalue weighted by atomic mass is 35.5. The zero-order valence-corrected chi connectivity index (χ0v) is 13.0. The van der Waals surface area contributed by atoms with Gasteiger partial charge in [-0.3, -0.25) is 4.79 Å². The molecule has 1 aliphatic rings. The van der Waals surface area contributed by atoms with Crippen molar-refractivity contribution in [3.05, 3.63) is 35.4 Å². The molecule has 5 heteroatoms. The Bertz CT molecular complexity index is 418. The molecule has 1 saturated heterocycles. The van der Waals surface area contributed by atoms with Gasteiger partial charge in [0.05, 0.1) is 11.9 Å². The van der Waals surface area contributed by atoms with Gasteiger partial charge in [0.25, 0.3) is 0 Å². The molecule has 0 radical (unpaired) electrons. The molecule has 2 rings (SSSR count). The van der Waals surface area contributed by atoms with Crippen LogP contribution in [0.25, 0.3) is 0 Å². The van der Waals surface area contributed by atoms with Crippen molar-refractivity contribution in [1.82, 2.24) is 5.32 Å². The first-order valence-electron chi connectivity index (χ1n) is 6.88. The van der Waals surface area contributed by atoms with Crippen LogP contribution in [-0.2, 0) is 21.2 Å². The van der Waals surface area contributed by atoms with Gasteiger partial charge in [-0.15, -0.1) is 23.4 Å². The Hall–Kier alpha value is -0.710. The number of alkyl halides is 1. The maximum absolute atomic E-state index is 11.7. The van der Waals surface area contributed by atoms with E-state index in [1.807, 2.05) is 12.1 Å². The third kappa shape index (κ3) is 5.35. The summed E-state index contributed by atoms with van der Waals surface area (Å²) in [7, 11) is 0. The van der Waals surface area contributed by atoms with E-state index in [9.17, 15) is 4.79 Å². The molecule has 0 aliphatic carbocycles. The highest BCUT2D eigenvalue weighted by Gasteiger charge is 2.15. The lowest BCUT2D eigenvalue weighted by molar-refractivity contribution is -0.119. The van der Waals surface area contributed by atoms with Gasteiger partial charge in [-0.25, -0.2) is 0 Å². The predicted octanol–water partition coefficient (Wildman–Crippen LogP) is 2.95. The van der Waals surface area contributed by atoms with Gasteiger partial charge in [-0.2, -0.15) is 0 Å². The second kappa shape index (κ2) is 8.55. The fourth-order valence-electron chi connectivity index (χ4n) is 2.07. The smallest absolute Gasteiger partial charge is 0.230 e. The number of rotatable bonds is 7. The van der Waals surface area contributed by atoms with Crippen LogP contribution in [0.4, 0.5) is 0 Å². The molecular weight excluding hydrogens is 294 g/mol. The Morgan fingerprint density at radius 3 is 2.75 bits per heavy atom. The summed E-state index contributed by atoms with van der Waals surface area (Å²) in [5.41, 5.74) is 2.34. The number of ether oxygens (including phenoxy) is 1. The van der Waals surface area contributed by atoms with E-state index in [0.717, 1.165) is 30.8 Å². The first-order chi connectivity index (χ1) is 9.78. The minimum Gasteiger partial charge on any atom is -0.376 e. The number of hydrogen-bond acceptors (Lipinski definition) is 3. The molecule has 3 nitrogen and oxygen atoms in total. The number of carbonyl (C=O) groups excluding carboxylic acids is 1. The SMILES string of the molecule is O=C(CSCc1ccc(CCl)cc1)NCC1CCCO1. The van der Waals surface area contributed by atoms with E-state index in [4.69, 9.17) is 16.3 Å². The molecule has 0 aromatic heterocycles. The van der Waals surface area contributed by atoms with Crippen LogP contribution in [0, 0.1) is 0 Å². The van der Waals surface area contributed by atoms with Gasteiger partial charge < -0.3 is 10.1 Å². The van der Waals surface area contributed by atoms with E-state index < -0.39 is 0 Å². The predicted molar refractivity (Wildman–Crippen MR) is 84.1 cm³/mol. The van der Waals surface area contributed by atoms with Crippen molar-refractivity contribution in [2.24, 2.45) is 0 Å². The van der Waals surface area contributed by atoms with Crippen LogP contribution in [0.3, 0.4) is 0 Å². The number of thioether (sulfide) groups is 1. The van der Waals surface area contributed by atoms with Gasteiger partial charge in [-0.1, -0.05) is 24.3 Å². The Morgan fingerprint density at radius 2 is 2.10 bits per heavy atom. The lowest BCUT2D eigenvalue weighted by atomic mass is 10.2. The molecule has 1 unspecified atom stereocenters. The third-order valence-electron chi connectivity index (χ3n) is 3.23. The van der Waals surface area contributed by atoms with Crippen molar-refractivity contribution in [1.29, 1.82) is 0 Å². The second-order valence-electron chi connectivity index (χ2n) is 4.88. The van der Waals surface area contributed by atoms with Crippen molar-refractivity contribution in [3.8, 4) is 0 Å². The monoisotopic (exact) mass is 313 g/mol. The van der Waals surface area contributed by atoms with Crippen LogP contribution in [0.1, 0.15) is 24.0 Å². The Kier molecular flexibility index (Phi) is 6.70. The van der Waals surface area contributed by atoms with E-state index in [1.165, 1.54) is 5.56 Å². The van der Waals surface area contributed by atoms with Crippen LogP contribution in [-0.4, -0.2) is 30.9 Å². The molecule has 0 bridgehead atoms. The summed E-state index contributed by atoms with van der Waals surface area (Å²) in [6.45, 7) is 1.47. The topological polar surface area (TPSA) is 38.3 Å². The molecule has 1 fully saturated rings. The number of benzene rings is 1. The van der Waals surface area contributed by atoms with Crippen LogP contribution >= 0.6 is 23.4 Å². The fourth-order valence-corrected chi connectivity index (χ4v) is 3.07. The molecule has 1 amide bonds. The maximum atomic E-state index is 11.7. The quantitative estimate of drug-likeness (QED) is 0.787. The fraction of sp³-hybridized carbons (Fsp3) is 0.533.